The quantitative estimate of drug-likeness (QED) is 0.791. The van der Waals surface area contributed by atoms with Crippen LogP contribution in [0.1, 0.15) is 21.5 Å². The van der Waals surface area contributed by atoms with E-state index in [-0.39, 0.29) is 11.9 Å². The fourth-order valence-electron chi connectivity index (χ4n) is 3.95. The molecule has 0 aromatic heterocycles. The molecule has 0 radical (unpaired) electrons. The van der Waals surface area contributed by atoms with Gasteiger partial charge >= 0.3 is 0 Å². The zero-order chi connectivity index (χ0) is 17.4. The third-order valence-electron chi connectivity index (χ3n) is 5.17. The summed E-state index contributed by atoms with van der Waals surface area (Å²) in [5.74, 6) is 0.933. The standard InChI is InChI=1S/C20H21BrN2O2/c1-25-18-8-7-17(21)19-16(18)11-15-13-22(9-10-23(15)20(19)24)12-14-5-3-2-4-6-14/h2-8,15H,9-13H2,1H3/t15-/m1/s1. The first-order valence-corrected chi connectivity index (χ1v) is 9.39. The number of methoxy groups -OCH3 is 1. The number of hydrogen-bond donors (Lipinski definition) is 0. The van der Waals surface area contributed by atoms with E-state index < -0.39 is 0 Å². The molecule has 0 N–H and O–H groups in total. The van der Waals surface area contributed by atoms with Crippen molar-refractivity contribution in [1.82, 2.24) is 9.80 Å². The second-order valence-corrected chi connectivity index (χ2v) is 7.53. The van der Waals surface area contributed by atoms with Crippen LogP contribution in [0.4, 0.5) is 0 Å². The van der Waals surface area contributed by atoms with Crippen LogP contribution in [-0.2, 0) is 13.0 Å². The van der Waals surface area contributed by atoms with Crippen molar-refractivity contribution in [3.63, 3.8) is 0 Å². The summed E-state index contributed by atoms with van der Waals surface area (Å²) >= 11 is 3.54. The van der Waals surface area contributed by atoms with Gasteiger partial charge in [-0.05, 0) is 40.0 Å². The minimum Gasteiger partial charge on any atom is -0.496 e. The number of amides is 1. The Morgan fingerprint density at radius 2 is 1.96 bits per heavy atom. The molecule has 4 nitrogen and oxygen atoms in total. The number of nitrogens with zero attached hydrogens (tertiary/aromatic N) is 2. The van der Waals surface area contributed by atoms with E-state index in [4.69, 9.17) is 4.74 Å². The third kappa shape index (κ3) is 3.07. The number of hydrogen-bond acceptors (Lipinski definition) is 3. The first-order chi connectivity index (χ1) is 12.2. The molecule has 1 amide bonds. The molecule has 2 aromatic carbocycles. The third-order valence-corrected chi connectivity index (χ3v) is 5.83. The number of piperazine rings is 1. The van der Waals surface area contributed by atoms with Crippen molar-refractivity contribution in [3.8, 4) is 5.75 Å². The molecule has 5 heteroatoms. The molecule has 0 spiro atoms. The Balaban J connectivity index is 1.58. The molecule has 0 saturated carbocycles. The lowest BCUT2D eigenvalue weighted by molar-refractivity contribution is 0.0398. The average molecular weight is 401 g/mol. The molecule has 25 heavy (non-hydrogen) atoms. The number of carbonyl (C=O) groups is 1. The van der Waals surface area contributed by atoms with Crippen LogP contribution in [0, 0.1) is 0 Å². The lowest BCUT2D eigenvalue weighted by Crippen LogP contribution is -2.57. The fraction of sp³-hybridized carbons (Fsp3) is 0.350. The van der Waals surface area contributed by atoms with Crippen LogP contribution in [-0.4, -0.2) is 48.5 Å². The Labute approximate surface area is 156 Å². The normalized spacial score (nSPS) is 20.2. The second-order valence-electron chi connectivity index (χ2n) is 6.68. The maximum Gasteiger partial charge on any atom is 0.255 e. The van der Waals surface area contributed by atoms with E-state index in [9.17, 15) is 4.79 Å². The molecule has 0 bridgehead atoms. The number of halogens is 1. The Morgan fingerprint density at radius 3 is 2.72 bits per heavy atom. The fourth-order valence-corrected chi connectivity index (χ4v) is 4.49. The van der Waals surface area contributed by atoms with Gasteiger partial charge in [-0.25, -0.2) is 0 Å². The summed E-state index contributed by atoms with van der Waals surface area (Å²) in [6, 6.07) is 14.6. The SMILES string of the molecule is COc1ccc(Br)c2c1C[C@@H]1CN(Cc3ccccc3)CCN1C2=O. The van der Waals surface area contributed by atoms with Crippen molar-refractivity contribution in [2.45, 2.75) is 19.0 Å². The van der Waals surface area contributed by atoms with Gasteiger partial charge in [-0.2, -0.15) is 0 Å². The number of carbonyl (C=O) groups excluding carboxylic acids is 1. The Bertz CT molecular complexity index is 794. The first kappa shape index (κ1) is 16.6. The van der Waals surface area contributed by atoms with E-state index in [0.717, 1.165) is 53.9 Å². The number of ether oxygens (including phenoxy) is 1. The molecule has 130 valence electrons. The Kier molecular flexibility index (Phi) is 4.52. The summed E-state index contributed by atoms with van der Waals surface area (Å²) in [4.78, 5) is 17.5. The molecule has 1 saturated heterocycles. The van der Waals surface area contributed by atoms with E-state index in [1.807, 2.05) is 23.1 Å². The monoisotopic (exact) mass is 400 g/mol. The summed E-state index contributed by atoms with van der Waals surface area (Å²) in [6.07, 6.45) is 0.842. The van der Waals surface area contributed by atoms with Crippen molar-refractivity contribution < 1.29 is 9.53 Å². The topological polar surface area (TPSA) is 32.8 Å². The van der Waals surface area contributed by atoms with Crippen LogP contribution in [0.5, 0.6) is 5.75 Å². The zero-order valence-electron chi connectivity index (χ0n) is 14.2. The van der Waals surface area contributed by atoms with E-state index in [0.29, 0.717) is 0 Å². The van der Waals surface area contributed by atoms with E-state index in [2.05, 4.69) is 45.1 Å². The summed E-state index contributed by atoms with van der Waals surface area (Å²) in [5.41, 5.74) is 3.12. The van der Waals surface area contributed by atoms with Crippen LogP contribution in [0.15, 0.2) is 46.9 Å². The van der Waals surface area contributed by atoms with Crippen LogP contribution in [0.25, 0.3) is 0 Å². The molecule has 0 unspecified atom stereocenters. The van der Waals surface area contributed by atoms with Gasteiger partial charge in [0.1, 0.15) is 5.75 Å². The minimum atomic E-state index is 0.122. The van der Waals surface area contributed by atoms with E-state index in [1.165, 1.54) is 5.56 Å². The molecule has 0 aliphatic carbocycles. The minimum absolute atomic E-state index is 0.122. The molecule has 1 fully saturated rings. The van der Waals surface area contributed by atoms with Gasteiger partial charge in [-0.1, -0.05) is 30.3 Å². The van der Waals surface area contributed by atoms with Gasteiger partial charge in [0.05, 0.1) is 12.7 Å². The Hall–Kier alpha value is -1.85. The highest BCUT2D eigenvalue weighted by molar-refractivity contribution is 9.10. The zero-order valence-corrected chi connectivity index (χ0v) is 15.8. The van der Waals surface area contributed by atoms with E-state index >= 15 is 0 Å². The van der Waals surface area contributed by atoms with E-state index in [1.54, 1.807) is 7.11 Å². The predicted molar refractivity (Wildman–Crippen MR) is 101 cm³/mol. The first-order valence-electron chi connectivity index (χ1n) is 8.60. The van der Waals surface area contributed by atoms with Crippen LogP contribution < -0.4 is 4.74 Å². The number of fused-ring (bicyclic) bond motifs is 2. The van der Waals surface area contributed by atoms with Crippen LogP contribution in [0.3, 0.4) is 0 Å². The highest BCUT2D eigenvalue weighted by Gasteiger charge is 2.38. The molecule has 2 aliphatic heterocycles. The second kappa shape index (κ2) is 6.81. The molecule has 2 aromatic rings. The van der Waals surface area contributed by atoms with Gasteiger partial charge in [0, 0.05) is 42.3 Å². The lowest BCUT2D eigenvalue weighted by Gasteiger charge is -2.44. The van der Waals surface area contributed by atoms with Crippen LogP contribution in [0.2, 0.25) is 0 Å². The van der Waals surface area contributed by atoms with Crippen LogP contribution >= 0.6 is 15.9 Å². The maximum absolute atomic E-state index is 13.0. The van der Waals surface area contributed by atoms with Gasteiger partial charge in [0.2, 0.25) is 0 Å². The van der Waals surface area contributed by atoms with Gasteiger partial charge in [-0.15, -0.1) is 0 Å². The molecule has 2 heterocycles. The smallest absolute Gasteiger partial charge is 0.255 e. The molecule has 2 aliphatic rings. The lowest BCUT2D eigenvalue weighted by atomic mass is 9.90. The van der Waals surface area contributed by atoms with Crippen molar-refractivity contribution in [3.05, 3.63) is 63.6 Å². The van der Waals surface area contributed by atoms with Crippen molar-refractivity contribution >= 4 is 21.8 Å². The molecular weight excluding hydrogens is 380 g/mol. The Morgan fingerprint density at radius 1 is 1.16 bits per heavy atom. The highest BCUT2D eigenvalue weighted by atomic mass is 79.9. The van der Waals surface area contributed by atoms with Gasteiger partial charge in [-0.3, -0.25) is 9.69 Å². The molecule has 4 rings (SSSR count). The highest BCUT2D eigenvalue weighted by Crippen LogP contribution is 2.36. The molecule has 1 atom stereocenters. The summed E-state index contributed by atoms with van der Waals surface area (Å²) in [7, 11) is 1.67. The van der Waals surface area contributed by atoms with Gasteiger partial charge in [0.15, 0.2) is 0 Å². The van der Waals surface area contributed by atoms with Gasteiger partial charge < -0.3 is 9.64 Å². The summed E-state index contributed by atoms with van der Waals surface area (Å²) in [5, 5.41) is 0. The van der Waals surface area contributed by atoms with Crippen molar-refractivity contribution in [2.24, 2.45) is 0 Å². The number of benzene rings is 2. The van der Waals surface area contributed by atoms with Gasteiger partial charge in [0.25, 0.3) is 5.91 Å². The largest absolute Gasteiger partial charge is 0.496 e. The van der Waals surface area contributed by atoms with Crippen molar-refractivity contribution in [2.75, 3.05) is 26.7 Å². The number of rotatable bonds is 3. The summed E-state index contributed by atoms with van der Waals surface area (Å²) in [6.45, 7) is 3.52. The maximum atomic E-state index is 13.0. The average Bonchev–Trinajstić information content (AvgIpc) is 2.63. The molecular formula is C20H21BrN2O2. The predicted octanol–water partition coefficient (Wildman–Crippen LogP) is 3.34. The summed E-state index contributed by atoms with van der Waals surface area (Å²) < 4.78 is 6.37. The van der Waals surface area contributed by atoms with Crippen molar-refractivity contribution in [1.29, 1.82) is 0 Å².